The molecule has 0 aliphatic carbocycles. The van der Waals surface area contributed by atoms with Crippen LogP contribution in [-0.4, -0.2) is 36.6 Å². The van der Waals surface area contributed by atoms with Crippen molar-refractivity contribution in [2.24, 2.45) is 0 Å². The van der Waals surface area contributed by atoms with Gasteiger partial charge in [-0.2, -0.15) is 0 Å². The number of terminal acetylenes is 1. The first-order valence-electron chi connectivity index (χ1n) is 4.01. The van der Waals surface area contributed by atoms with Crippen LogP contribution >= 0.6 is 0 Å². The average molecular weight is 167 g/mol. The third kappa shape index (κ3) is 1.59. The van der Waals surface area contributed by atoms with Crippen molar-refractivity contribution in [3.8, 4) is 12.3 Å². The van der Waals surface area contributed by atoms with Gasteiger partial charge in [0, 0.05) is 13.5 Å². The summed E-state index contributed by atoms with van der Waals surface area (Å²) in [5, 5.41) is 0. The molecule has 0 aromatic rings. The van der Waals surface area contributed by atoms with E-state index in [-0.39, 0.29) is 18.1 Å². The van der Waals surface area contributed by atoms with Crippen molar-refractivity contribution in [1.29, 1.82) is 0 Å². The van der Waals surface area contributed by atoms with E-state index in [0.717, 1.165) is 6.42 Å². The van der Waals surface area contributed by atoms with Crippen LogP contribution in [0.3, 0.4) is 0 Å². The number of likely N-dealkylation sites (N-methyl/N-ethyl adjacent to an activating group) is 1. The molecule has 1 aliphatic rings. The molecule has 0 spiro atoms. The van der Waals surface area contributed by atoms with Crippen molar-refractivity contribution in [2.75, 3.05) is 13.7 Å². The maximum Gasteiger partial charge on any atom is 0.252 e. The van der Waals surface area contributed by atoms with Gasteiger partial charge in [-0.05, 0) is 6.92 Å². The van der Waals surface area contributed by atoms with E-state index in [1.807, 2.05) is 6.92 Å². The molecule has 0 bridgehead atoms. The molecule has 0 saturated carbocycles. The molecule has 1 fully saturated rings. The van der Waals surface area contributed by atoms with E-state index in [9.17, 15) is 4.79 Å². The summed E-state index contributed by atoms with van der Waals surface area (Å²) in [7, 11) is 1.70. The van der Waals surface area contributed by atoms with Crippen molar-refractivity contribution in [1.82, 2.24) is 4.90 Å². The first kappa shape index (κ1) is 9.08. The molecule has 12 heavy (non-hydrogen) atoms. The third-order valence-corrected chi connectivity index (χ3v) is 2.14. The number of rotatable bonds is 2. The predicted octanol–water partition coefficient (Wildman–Crippen LogP) is 0.255. The Morgan fingerprint density at radius 2 is 2.42 bits per heavy atom. The molecular weight excluding hydrogens is 154 g/mol. The van der Waals surface area contributed by atoms with Gasteiger partial charge >= 0.3 is 0 Å². The van der Waals surface area contributed by atoms with Crippen LogP contribution in [0.1, 0.15) is 13.3 Å². The minimum absolute atomic E-state index is 0.00769. The summed E-state index contributed by atoms with van der Waals surface area (Å²) in [6.07, 6.45) is 5.76. The van der Waals surface area contributed by atoms with Gasteiger partial charge in [0.2, 0.25) is 0 Å². The quantitative estimate of drug-likeness (QED) is 0.552. The van der Waals surface area contributed by atoms with E-state index in [1.54, 1.807) is 11.9 Å². The van der Waals surface area contributed by atoms with Crippen LogP contribution in [-0.2, 0) is 9.53 Å². The summed E-state index contributed by atoms with van der Waals surface area (Å²) in [5.41, 5.74) is 0. The smallest absolute Gasteiger partial charge is 0.252 e. The third-order valence-electron chi connectivity index (χ3n) is 2.14. The topological polar surface area (TPSA) is 29.5 Å². The molecule has 1 amide bonds. The van der Waals surface area contributed by atoms with Crippen LogP contribution in [0.15, 0.2) is 0 Å². The van der Waals surface area contributed by atoms with E-state index in [0.29, 0.717) is 6.61 Å². The maximum absolute atomic E-state index is 11.4. The Balaban J connectivity index is 2.46. The number of carbonyl (C=O) groups excluding carboxylic acids is 1. The molecule has 0 radical (unpaired) electrons. The monoisotopic (exact) mass is 167 g/mol. The van der Waals surface area contributed by atoms with Gasteiger partial charge < -0.3 is 9.64 Å². The van der Waals surface area contributed by atoms with E-state index in [1.165, 1.54) is 0 Å². The first-order valence-corrected chi connectivity index (χ1v) is 4.01. The molecule has 0 aromatic heterocycles. The zero-order valence-corrected chi connectivity index (χ0v) is 7.41. The van der Waals surface area contributed by atoms with Gasteiger partial charge in [0.05, 0.1) is 12.6 Å². The van der Waals surface area contributed by atoms with E-state index in [2.05, 4.69) is 5.92 Å². The van der Waals surface area contributed by atoms with Crippen molar-refractivity contribution in [2.45, 2.75) is 25.5 Å². The number of carbonyl (C=O) groups is 1. The molecular formula is C9H13NO2. The largest absolute Gasteiger partial charge is 0.368 e. The molecule has 66 valence electrons. The Hall–Kier alpha value is -1.01. The van der Waals surface area contributed by atoms with Crippen LogP contribution in [0, 0.1) is 12.3 Å². The average Bonchev–Trinajstić information content (AvgIpc) is 1.98. The summed E-state index contributed by atoms with van der Waals surface area (Å²) in [5.74, 6) is 2.49. The SMILES string of the molecule is C#CC(C)N(C)C(=O)C1CCO1. The first-order chi connectivity index (χ1) is 5.66. The van der Waals surface area contributed by atoms with E-state index in [4.69, 9.17) is 11.2 Å². The van der Waals surface area contributed by atoms with Crippen LogP contribution in [0.25, 0.3) is 0 Å². The highest BCUT2D eigenvalue weighted by Crippen LogP contribution is 2.14. The Labute approximate surface area is 72.7 Å². The second-order valence-electron chi connectivity index (χ2n) is 2.94. The number of nitrogens with zero attached hydrogens (tertiary/aromatic N) is 1. The lowest BCUT2D eigenvalue weighted by molar-refractivity contribution is -0.155. The highest BCUT2D eigenvalue weighted by atomic mass is 16.5. The van der Waals surface area contributed by atoms with Gasteiger partial charge in [-0.1, -0.05) is 5.92 Å². The molecule has 0 N–H and O–H groups in total. The molecule has 1 heterocycles. The number of hydrogen-bond donors (Lipinski definition) is 0. The predicted molar refractivity (Wildman–Crippen MR) is 45.4 cm³/mol. The molecule has 0 aromatic carbocycles. The van der Waals surface area contributed by atoms with Gasteiger partial charge in [0.25, 0.3) is 5.91 Å². The lowest BCUT2D eigenvalue weighted by Crippen LogP contribution is -2.46. The molecule has 1 aliphatic heterocycles. The Bertz CT molecular complexity index is 215. The Morgan fingerprint density at radius 3 is 2.75 bits per heavy atom. The highest BCUT2D eigenvalue weighted by Gasteiger charge is 2.30. The minimum atomic E-state index is -0.245. The summed E-state index contributed by atoms with van der Waals surface area (Å²) in [6.45, 7) is 2.51. The lowest BCUT2D eigenvalue weighted by Gasteiger charge is -2.31. The number of ether oxygens (including phenoxy) is 1. The van der Waals surface area contributed by atoms with Crippen LogP contribution in [0.5, 0.6) is 0 Å². The zero-order valence-electron chi connectivity index (χ0n) is 7.41. The number of hydrogen-bond acceptors (Lipinski definition) is 2. The van der Waals surface area contributed by atoms with Crippen LogP contribution in [0.2, 0.25) is 0 Å². The second-order valence-corrected chi connectivity index (χ2v) is 2.94. The van der Waals surface area contributed by atoms with Gasteiger partial charge in [-0.15, -0.1) is 6.42 Å². The van der Waals surface area contributed by atoms with Crippen LogP contribution in [0.4, 0.5) is 0 Å². The minimum Gasteiger partial charge on any atom is -0.368 e. The summed E-state index contributed by atoms with van der Waals surface area (Å²) < 4.78 is 5.05. The Kier molecular flexibility index (Phi) is 2.72. The lowest BCUT2D eigenvalue weighted by atomic mass is 10.1. The fourth-order valence-electron chi connectivity index (χ4n) is 0.960. The molecule has 1 saturated heterocycles. The fraction of sp³-hybridized carbons (Fsp3) is 0.667. The molecule has 1 rings (SSSR count). The second kappa shape index (κ2) is 3.59. The van der Waals surface area contributed by atoms with Gasteiger partial charge in [0.15, 0.2) is 0 Å². The summed E-state index contributed by atoms with van der Waals surface area (Å²) in [4.78, 5) is 13.0. The van der Waals surface area contributed by atoms with Crippen molar-refractivity contribution in [3.63, 3.8) is 0 Å². The van der Waals surface area contributed by atoms with Crippen molar-refractivity contribution < 1.29 is 9.53 Å². The van der Waals surface area contributed by atoms with Gasteiger partial charge in [0.1, 0.15) is 6.10 Å². The number of amides is 1. The summed E-state index contributed by atoms with van der Waals surface area (Å²) in [6, 6.07) is -0.151. The standard InChI is InChI=1S/C9H13NO2/c1-4-7(2)10(3)9(11)8-5-6-12-8/h1,7-8H,5-6H2,2-3H3. The van der Waals surface area contributed by atoms with Crippen LogP contribution < -0.4 is 0 Å². The Morgan fingerprint density at radius 1 is 1.83 bits per heavy atom. The summed E-state index contributed by atoms with van der Waals surface area (Å²) >= 11 is 0. The maximum atomic E-state index is 11.4. The molecule has 2 unspecified atom stereocenters. The fourth-order valence-corrected chi connectivity index (χ4v) is 0.960. The van der Waals surface area contributed by atoms with Gasteiger partial charge in [-0.25, -0.2) is 0 Å². The molecule has 3 heteroatoms. The normalized spacial score (nSPS) is 23.6. The van der Waals surface area contributed by atoms with E-state index >= 15 is 0 Å². The zero-order chi connectivity index (χ0) is 9.14. The van der Waals surface area contributed by atoms with Crippen molar-refractivity contribution in [3.05, 3.63) is 0 Å². The molecule has 2 atom stereocenters. The molecule has 3 nitrogen and oxygen atoms in total. The van der Waals surface area contributed by atoms with E-state index < -0.39 is 0 Å². The highest BCUT2D eigenvalue weighted by molar-refractivity contribution is 5.81. The van der Waals surface area contributed by atoms with Crippen molar-refractivity contribution >= 4 is 5.91 Å². The van der Waals surface area contributed by atoms with Gasteiger partial charge in [-0.3, -0.25) is 4.79 Å².